The van der Waals surface area contributed by atoms with Crippen molar-refractivity contribution in [3.8, 4) is 17.1 Å². The summed E-state index contributed by atoms with van der Waals surface area (Å²) in [4.78, 5) is 27.4. The zero-order valence-electron chi connectivity index (χ0n) is 10.2. The Morgan fingerprint density at radius 3 is 2.25 bits per heavy atom. The van der Waals surface area contributed by atoms with E-state index in [4.69, 9.17) is 5.73 Å². The third-order valence-electron chi connectivity index (χ3n) is 3.01. The first-order valence-electron chi connectivity index (χ1n) is 5.78. The summed E-state index contributed by atoms with van der Waals surface area (Å²) in [7, 11) is 0. The molecule has 0 amide bonds. The molecule has 5 N–H and O–H groups in total. The van der Waals surface area contributed by atoms with E-state index in [1.807, 2.05) is 6.07 Å². The number of nitrogens with one attached hydrogen (secondary N) is 2. The van der Waals surface area contributed by atoms with E-state index in [0.717, 1.165) is 0 Å². The Morgan fingerprint density at radius 1 is 1.00 bits per heavy atom. The molecule has 1 aromatic carbocycles. The van der Waals surface area contributed by atoms with Crippen LogP contribution in [0, 0.1) is 0 Å². The van der Waals surface area contributed by atoms with E-state index in [0.29, 0.717) is 5.56 Å². The summed E-state index contributed by atoms with van der Waals surface area (Å²) in [5.41, 5.74) is 5.64. The molecular weight excluding hydrogens is 260 g/mol. The predicted octanol–water partition coefficient (Wildman–Crippen LogP) is 0.566. The van der Waals surface area contributed by atoms with Gasteiger partial charge in [0.05, 0.1) is 16.8 Å². The number of aromatic amines is 2. The molecular formula is C13H10N4O3. The standard InChI is InChI=1S/C13H10N4O3/c14-9-7-8(13(20)17-16-12(7)19)11(18)15-10(9)6-4-2-1-3-5-6/h1-5H,14H2,(H,15,18)(H,16,19)(H,17,20). The molecule has 0 fully saturated rings. The van der Waals surface area contributed by atoms with Crippen LogP contribution in [0.5, 0.6) is 5.88 Å². The van der Waals surface area contributed by atoms with Gasteiger partial charge in [0, 0.05) is 5.56 Å². The molecule has 3 aromatic rings. The second-order valence-electron chi connectivity index (χ2n) is 4.22. The Bertz CT molecular complexity index is 913. The fourth-order valence-corrected chi connectivity index (χ4v) is 2.09. The lowest BCUT2D eigenvalue weighted by atomic mass is 10.1. The number of rotatable bonds is 1. The van der Waals surface area contributed by atoms with Crippen LogP contribution in [0.3, 0.4) is 0 Å². The molecule has 0 atom stereocenters. The highest BCUT2D eigenvalue weighted by molar-refractivity contribution is 6.00. The van der Waals surface area contributed by atoms with Crippen LogP contribution in [0.25, 0.3) is 22.0 Å². The van der Waals surface area contributed by atoms with Gasteiger partial charge in [0.1, 0.15) is 5.39 Å². The molecule has 0 aliphatic carbocycles. The van der Waals surface area contributed by atoms with E-state index in [-0.39, 0.29) is 22.2 Å². The predicted molar refractivity (Wildman–Crippen MR) is 74.5 cm³/mol. The lowest BCUT2D eigenvalue weighted by molar-refractivity contribution is 0.460. The van der Waals surface area contributed by atoms with Crippen LogP contribution in [-0.2, 0) is 0 Å². The van der Waals surface area contributed by atoms with Gasteiger partial charge in [0.25, 0.3) is 11.1 Å². The summed E-state index contributed by atoms with van der Waals surface area (Å²) < 4.78 is 0. The first-order valence-corrected chi connectivity index (χ1v) is 5.78. The number of nitrogens with zero attached hydrogens (tertiary/aromatic N) is 1. The van der Waals surface area contributed by atoms with Gasteiger partial charge in [-0.15, -0.1) is 0 Å². The van der Waals surface area contributed by atoms with Crippen LogP contribution in [0.1, 0.15) is 0 Å². The maximum Gasteiger partial charge on any atom is 0.276 e. The molecule has 0 radical (unpaired) electrons. The van der Waals surface area contributed by atoms with Gasteiger partial charge in [-0.1, -0.05) is 30.3 Å². The van der Waals surface area contributed by atoms with Crippen molar-refractivity contribution >= 4 is 16.5 Å². The number of anilines is 1. The van der Waals surface area contributed by atoms with Gasteiger partial charge >= 0.3 is 0 Å². The van der Waals surface area contributed by atoms with E-state index >= 15 is 0 Å². The van der Waals surface area contributed by atoms with Crippen molar-refractivity contribution in [1.29, 1.82) is 0 Å². The Morgan fingerprint density at radius 2 is 1.60 bits per heavy atom. The summed E-state index contributed by atoms with van der Waals surface area (Å²) in [5.74, 6) is -0.527. The minimum absolute atomic E-state index is 0.0522. The number of nitrogens with two attached hydrogens (primary N) is 1. The normalized spacial score (nSPS) is 10.8. The van der Waals surface area contributed by atoms with Crippen LogP contribution in [0.15, 0.2) is 39.9 Å². The van der Waals surface area contributed by atoms with Crippen molar-refractivity contribution in [2.75, 3.05) is 5.73 Å². The molecule has 0 aliphatic heterocycles. The van der Waals surface area contributed by atoms with Gasteiger partial charge in [-0.3, -0.25) is 19.8 Å². The van der Waals surface area contributed by atoms with Gasteiger partial charge in [-0.25, -0.2) is 4.98 Å². The largest absolute Gasteiger partial charge is 0.493 e. The van der Waals surface area contributed by atoms with Crippen molar-refractivity contribution in [1.82, 2.24) is 15.2 Å². The van der Waals surface area contributed by atoms with Crippen LogP contribution in [0.2, 0.25) is 0 Å². The van der Waals surface area contributed by atoms with Gasteiger partial charge < -0.3 is 10.8 Å². The lowest BCUT2D eigenvalue weighted by Crippen LogP contribution is -2.21. The molecule has 0 unspecified atom stereocenters. The molecule has 0 aliphatic rings. The van der Waals surface area contributed by atoms with Crippen molar-refractivity contribution < 1.29 is 5.11 Å². The average Bonchev–Trinajstić information content (AvgIpc) is 2.46. The fraction of sp³-hybridized carbons (Fsp3) is 0. The third-order valence-corrected chi connectivity index (χ3v) is 3.01. The molecule has 3 rings (SSSR count). The van der Waals surface area contributed by atoms with E-state index in [9.17, 15) is 14.7 Å². The second-order valence-corrected chi connectivity index (χ2v) is 4.22. The molecule has 0 saturated heterocycles. The summed E-state index contributed by atoms with van der Waals surface area (Å²) >= 11 is 0. The molecule has 7 nitrogen and oxygen atoms in total. The minimum Gasteiger partial charge on any atom is -0.493 e. The number of H-pyrrole nitrogens is 2. The number of aromatic nitrogens is 3. The van der Waals surface area contributed by atoms with Crippen LogP contribution < -0.4 is 16.9 Å². The van der Waals surface area contributed by atoms with Crippen molar-refractivity contribution in [2.24, 2.45) is 0 Å². The maximum atomic E-state index is 11.8. The number of fused-ring (bicyclic) bond motifs is 1. The number of pyridine rings is 1. The second kappa shape index (κ2) is 4.23. The maximum absolute atomic E-state index is 11.8. The van der Waals surface area contributed by atoms with Crippen molar-refractivity contribution in [3.63, 3.8) is 0 Å². The Kier molecular flexibility index (Phi) is 2.53. The van der Waals surface area contributed by atoms with E-state index < -0.39 is 17.0 Å². The molecule has 2 aromatic heterocycles. The molecule has 0 spiro atoms. The first kappa shape index (κ1) is 12.0. The zero-order chi connectivity index (χ0) is 14.3. The summed E-state index contributed by atoms with van der Waals surface area (Å²) in [6.07, 6.45) is 0. The number of hydrogen-bond donors (Lipinski definition) is 4. The van der Waals surface area contributed by atoms with E-state index in [2.05, 4.69) is 15.2 Å². The van der Waals surface area contributed by atoms with Gasteiger partial charge in [-0.05, 0) is 0 Å². The quantitative estimate of drug-likeness (QED) is 0.514. The topological polar surface area (TPSA) is 125 Å². The van der Waals surface area contributed by atoms with Crippen LogP contribution >= 0.6 is 0 Å². The lowest BCUT2D eigenvalue weighted by Gasteiger charge is -2.08. The van der Waals surface area contributed by atoms with E-state index in [1.165, 1.54) is 0 Å². The number of nitrogen functional groups attached to an aromatic ring is 1. The molecule has 0 saturated carbocycles. The van der Waals surface area contributed by atoms with Crippen molar-refractivity contribution in [3.05, 3.63) is 51.0 Å². The Hall–Kier alpha value is -3.09. The Balaban J connectivity index is 2.50. The van der Waals surface area contributed by atoms with Gasteiger partial charge in [0.15, 0.2) is 0 Å². The van der Waals surface area contributed by atoms with Gasteiger partial charge in [0.2, 0.25) is 5.88 Å². The van der Waals surface area contributed by atoms with Gasteiger partial charge in [-0.2, -0.15) is 0 Å². The number of aromatic hydroxyl groups is 1. The number of benzene rings is 1. The zero-order valence-corrected chi connectivity index (χ0v) is 10.2. The highest BCUT2D eigenvalue weighted by Gasteiger charge is 2.17. The minimum atomic E-state index is -0.657. The average molecular weight is 270 g/mol. The number of hydrogen-bond acceptors (Lipinski definition) is 5. The SMILES string of the molecule is Nc1c(-c2ccccc2)nc(O)c2c(=O)[nH][nH]c(=O)c12. The van der Waals surface area contributed by atoms with Crippen LogP contribution in [-0.4, -0.2) is 20.3 Å². The molecule has 100 valence electrons. The highest BCUT2D eigenvalue weighted by Crippen LogP contribution is 2.31. The summed E-state index contributed by atoms with van der Waals surface area (Å²) in [6, 6.07) is 8.86. The monoisotopic (exact) mass is 270 g/mol. The molecule has 0 bridgehead atoms. The van der Waals surface area contributed by atoms with Crippen molar-refractivity contribution in [2.45, 2.75) is 0 Å². The highest BCUT2D eigenvalue weighted by atomic mass is 16.3. The fourth-order valence-electron chi connectivity index (χ4n) is 2.09. The van der Waals surface area contributed by atoms with Crippen LogP contribution in [0.4, 0.5) is 5.69 Å². The summed E-state index contributed by atoms with van der Waals surface area (Å²) in [6.45, 7) is 0. The first-order chi connectivity index (χ1) is 9.59. The molecule has 2 heterocycles. The smallest absolute Gasteiger partial charge is 0.276 e. The summed E-state index contributed by atoms with van der Waals surface area (Å²) in [5, 5.41) is 13.9. The molecule has 7 heteroatoms. The molecule has 20 heavy (non-hydrogen) atoms. The Labute approximate surface area is 111 Å². The third kappa shape index (κ3) is 1.64. The van der Waals surface area contributed by atoms with E-state index in [1.54, 1.807) is 24.3 Å².